The van der Waals surface area contributed by atoms with Crippen LogP contribution in [0.1, 0.15) is 84.0 Å². The summed E-state index contributed by atoms with van der Waals surface area (Å²) in [6, 6.07) is 0.872. The number of hydrogen-bond donors (Lipinski definition) is 1. The fourth-order valence-electron chi connectivity index (χ4n) is 4.82. The minimum absolute atomic E-state index is 0.615. The second-order valence-corrected chi connectivity index (χ2v) is 7.77. The summed E-state index contributed by atoms with van der Waals surface area (Å²) in [6.07, 6.45) is 17.8. The van der Waals surface area contributed by atoms with E-state index in [0.717, 1.165) is 11.5 Å². The van der Waals surface area contributed by atoms with Gasteiger partial charge in [0.2, 0.25) is 0 Å². The first kappa shape index (κ1) is 13.0. The molecule has 1 N–H and O–H groups in total. The zero-order chi connectivity index (χ0) is 12.5. The molecule has 3 fully saturated rings. The normalized spacial score (nSPS) is 34.2. The minimum Gasteiger partial charge on any atom is -0.313 e. The molecule has 1 heteroatoms. The quantitative estimate of drug-likeness (QED) is 0.767. The first-order valence-electron chi connectivity index (χ1n) is 8.46. The number of hydrogen-bond acceptors (Lipinski definition) is 1. The van der Waals surface area contributed by atoms with E-state index < -0.39 is 0 Å². The van der Waals surface area contributed by atoms with Crippen LogP contribution < -0.4 is 5.32 Å². The molecule has 1 unspecified atom stereocenters. The van der Waals surface area contributed by atoms with Crippen LogP contribution in [0, 0.1) is 10.8 Å². The first-order valence-corrected chi connectivity index (χ1v) is 8.46. The second kappa shape index (κ2) is 5.15. The van der Waals surface area contributed by atoms with Crippen LogP contribution in [0.15, 0.2) is 0 Å². The van der Waals surface area contributed by atoms with Gasteiger partial charge < -0.3 is 5.32 Å². The second-order valence-electron chi connectivity index (χ2n) is 7.77. The van der Waals surface area contributed by atoms with Crippen LogP contribution in [0.4, 0.5) is 0 Å². The molecule has 18 heavy (non-hydrogen) atoms. The van der Waals surface area contributed by atoms with Crippen molar-refractivity contribution in [2.45, 2.75) is 90.0 Å². The molecule has 3 saturated carbocycles. The average Bonchev–Trinajstić information content (AvgIpc) is 2.39. The fraction of sp³-hybridized carbons (Fsp3) is 1.00. The highest BCUT2D eigenvalue weighted by molar-refractivity contribution is 5.02. The van der Waals surface area contributed by atoms with Crippen molar-refractivity contribution in [1.82, 2.24) is 5.32 Å². The smallest absolute Gasteiger partial charge is 0.0124 e. The van der Waals surface area contributed by atoms with Gasteiger partial charge in [0.05, 0.1) is 0 Å². The SMILES string of the molecule is CC1(CNC2CCC23CCCCC3)CCCCC1. The van der Waals surface area contributed by atoms with Gasteiger partial charge >= 0.3 is 0 Å². The van der Waals surface area contributed by atoms with E-state index in [1.807, 2.05) is 0 Å². The van der Waals surface area contributed by atoms with Gasteiger partial charge in [-0.1, -0.05) is 45.4 Å². The van der Waals surface area contributed by atoms with Gasteiger partial charge in [0.25, 0.3) is 0 Å². The van der Waals surface area contributed by atoms with E-state index in [0.29, 0.717) is 5.41 Å². The van der Waals surface area contributed by atoms with E-state index in [2.05, 4.69) is 12.2 Å². The lowest BCUT2D eigenvalue weighted by molar-refractivity contribution is 0.0146. The summed E-state index contributed by atoms with van der Waals surface area (Å²) < 4.78 is 0. The van der Waals surface area contributed by atoms with E-state index in [4.69, 9.17) is 0 Å². The van der Waals surface area contributed by atoms with E-state index in [9.17, 15) is 0 Å². The highest BCUT2D eigenvalue weighted by Crippen LogP contribution is 2.52. The zero-order valence-electron chi connectivity index (χ0n) is 12.3. The average molecular weight is 249 g/mol. The van der Waals surface area contributed by atoms with Crippen molar-refractivity contribution in [3.63, 3.8) is 0 Å². The van der Waals surface area contributed by atoms with E-state index in [-0.39, 0.29) is 0 Å². The van der Waals surface area contributed by atoms with Crippen LogP contribution in [0.3, 0.4) is 0 Å². The van der Waals surface area contributed by atoms with Gasteiger partial charge in [-0.2, -0.15) is 0 Å². The van der Waals surface area contributed by atoms with Crippen molar-refractivity contribution in [3.05, 3.63) is 0 Å². The maximum atomic E-state index is 3.99. The standard InChI is InChI=1S/C17H31N/c1-16(9-4-2-5-10-16)14-18-15-8-13-17(15)11-6-3-7-12-17/h15,18H,2-14H2,1H3. The van der Waals surface area contributed by atoms with E-state index in [1.54, 1.807) is 0 Å². The minimum atomic E-state index is 0.615. The van der Waals surface area contributed by atoms with Crippen LogP contribution in [0.5, 0.6) is 0 Å². The highest BCUT2D eigenvalue weighted by Gasteiger charge is 2.46. The van der Waals surface area contributed by atoms with Crippen molar-refractivity contribution in [3.8, 4) is 0 Å². The van der Waals surface area contributed by atoms with Crippen LogP contribution in [-0.2, 0) is 0 Å². The van der Waals surface area contributed by atoms with Crippen molar-refractivity contribution in [2.75, 3.05) is 6.54 Å². The molecule has 0 aromatic carbocycles. The maximum Gasteiger partial charge on any atom is 0.0124 e. The Bertz CT molecular complexity index is 271. The molecular weight excluding hydrogens is 218 g/mol. The molecule has 1 nitrogen and oxygen atoms in total. The highest BCUT2D eigenvalue weighted by atomic mass is 15.0. The summed E-state index contributed by atoms with van der Waals surface area (Å²) in [6.45, 7) is 3.81. The molecule has 0 saturated heterocycles. The molecule has 0 aliphatic heterocycles. The fourth-order valence-corrected chi connectivity index (χ4v) is 4.82. The van der Waals surface area contributed by atoms with Crippen LogP contribution >= 0.6 is 0 Å². The Kier molecular flexibility index (Phi) is 3.71. The lowest BCUT2D eigenvalue weighted by Crippen LogP contribution is -2.56. The lowest BCUT2D eigenvalue weighted by atomic mass is 9.57. The topological polar surface area (TPSA) is 12.0 Å². The predicted molar refractivity (Wildman–Crippen MR) is 77.7 cm³/mol. The van der Waals surface area contributed by atoms with Gasteiger partial charge in [-0.25, -0.2) is 0 Å². The molecule has 3 aliphatic rings. The van der Waals surface area contributed by atoms with Gasteiger partial charge in [-0.3, -0.25) is 0 Å². The number of rotatable bonds is 3. The molecule has 0 aromatic heterocycles. The van der Waals surface area contributed by atoms with Crippen LogP contribution in [0.25, 0.3) is 0 Å². The Morgan fingerprint density at radius 1 is 0.833 bits per heavy atom. The van der Waals surface area contributed by atoms with Crippen molar-refractivity contribution in [1.29, 1.82) is 0 Å². The maximum absolute atomic E-state index is 3.99. The Morgan fingerprint density at radius 3 is 2.00 bits per heavy atom. The van der Waals surface area contributed by atoms with Gasteiger partial charge in [0.1, 0.15) is 0 Å². The van der Waals surface area contributed by atoms with E-state index >= 15 is 0 Å². The van der Waals surface area contributed by atoms with Crippen LogP contribution in [0.2, 0.25) is 0 Å². The Balaban J connectivity index is 1.50. The number of nitrogens with one attached hydrogen (secondary N) is 1. The third kappa shape index (κ3) is 2.48. The third-order valence-electron chi connectivity index (χ3n) is 6.36. The molecule has 3 rings (SSSR count). The van der Waals surface area contributed by atoms with Gasteiger partial charge in [0, 0.05) is 12.6 Å². The van der Waals surface area contributed by atoms with Crippen molar-refractivity contribution < 1.29 is 0 Å². The van der Waals surface area contributed by atoms with Crippen molar-refractivity contribution in [2.24, 2.45) is 10.8 Å². The molecule has 0 bridgehead atoms. The lowest BCUT2D eigenvalue weighted by Gasteiger charge is -2.53. The predicted octanol–water partition coefficient (Wildman–Crippen LogP) is 4.66. The molecule has 0 amide bonds. The monoisotopic (exact) mass is 249 g/mol. The molecule has 1 spiro atoms. The Labute approximate surface area is 113 Å². The molecule has 0 heterocycles. The first-order chi connectivity index (χ1) is 8.73. The Morgan fingerprint density at radius 2 is 1.44 bits per heavy atom. The molecule has 1 atom stereocenters. The van der Waals surface area contributed by atoms with Gasteiger partial charge in [-0.15, -0.1) is 0 Å². The summed E-state index contributed by atoms with van der Waals surface area (Å²) in [5, 5.41) is 3.99. The van der Waals surface area contributed by atoms with E-state index in [1.165, 1.54) is 83.6 Å². The molecule has 0 aromatic rings. The molecule has 3 aliphatic carbocycles. The van der Waals surface area contributed by atoms with Crippen molar-refractivity contribution >= 4 is 0 Å². The largest absolute Gasteiger partial charge is 0.313 e. The molecule has 104 valence electrons. The summed E-state index contributed by atoms with van der Waals surface area (Å²) in [4.78, 5) is 0. The zero-order valence-corrected chi connectivity index (χ0v) is 12.3. The van der Waals surface area contributed by atoms with Gasteiger partial charge in [-0.05, 0) is 49.4 Å². The van der Waals surface area contributed by atoms with Crippen LogP contribution in [-0.4, -0.2) is 12.6 Å². The summed E-state index contributed by atoms with van der Waals surface area (Å²) >= 11 is 0. The summed E-state index contributed by atoms with van der Waals surface area (Å²) in [7, 11) is 0. The molecule has 0 radical (unpaired) electrons. The molecular formula is C17H31N. The Hall–Kier alpha value is -0.0400. The third-order valence-corrected chi connectivity index (χ3v) is 6.36. The summed E-state index contributed by atoms with van der Waals surface area (Å²) in [5.41, 5.74) is 1.35. The van der Waals surface area contributed by atoms with Gasteiger partial charge in [0.15, 0.2) is 0 Å². The summed E-state index contributed by atoms with van der Waals surface area (Å²) in [5.74, 6) is 0.